The van der Waals surface area contributed by atoms with Crippen molar-refractivity contribution in [2.45, 2.75) is 6.61 Å². The highest BCUT2D eigenvalue weighted by molar-refractivity contribution is 5.88. The van der Waals surface area contributed by atoms with Crippen LogP contribution in [0.1, 0.15) is 5.56 Å². The molecule has 0 amide bonds. The molecule has 2 aromatic heterocycles. The average Bonchev–Trinajstić information content (AvgIpc) is 2.72. The Morgan fingerprint density at radius 3 is 2.78 bits per heavy atom. The quantitative estimate of drug-likeness (QED) is 0.485. The Balaban J connectivity index is 1.73. The smallest absolute Gasteiger partial charge is 0.384 e. The van der Waals surface area contributed by atoms with Crippen LogP contribution in [-0.2, 0) is 6.61 Å². The van der Waals surface area contributed by atoms with Gasteiger partial charge in [0, 0.05) is 23.5 Å². The minimum Gasteiger partial charge on any atom is -0.422 e. The fourth-order valence-electron chi connectivity index (χ4n) is 2.72. The molecular formula is C20H14N4O3. The van der Waals surface area contributed by atoms with Gasteiger partial charge in [0.1, 0.15) is 5.82 Å². The standard InChI is InChI=1S/C20H14N4O3/c25-12-13-6-8-14(9-7-13)15-3-1-4-16(11-15)22-18-17-5-2-10-21-19(17)24(27)20(26)23-18/h2,4-11,25,27H,12H2,(H,22,23,26). The van der Waals surface area contributed by atoms with Crippen LogP contribution >= 0.6 is 0 Å². The summed E-state index contributed by atoms with van der Waals surface area (Å²) in [5, 5.41) is 22.5. The Kier molecular flexibility index (Phi) is 4.16. The molecule has 0 atom stereocenters. The van der Waals surface area contributed by atoms with Crippen LogP contribution in [0.5, 0.6) is 0 Å². The molecule has 0 aliphatic carbocycles. The fourth-order valence-corrected chi connectivity index (χ4v) is 2.72. The highest BCUT2D eigenvalue weighted by Crippen LogP contribution is 2.25. The molecule has 4 rings (SSSR count). The third kappa shape index (κ3) is 3.17. The zero-order valence-electron chi connectivity index (χ0n) is 14.0. The van der Waals surface area contributed by atoms with E-state index in [0.717, 1.165) is 16.7 Å². The van der Waals surface area contributed by atoms with E-state index in [2.05, 4.69) is 27.4 Å². The normalized spacial score (nSPS) is 10.6. The Morgan fingerprint density at radius 1 is 1.19 bits per heavy atom. The largest absolute Gasteiger partial charge is 0.422 e. The van der Waals surface area contributed by atoms with Crippen LogP contribution in [0, 0.1) is 12.1 Å². The van der Waals surface area contributed by atoms with E-state index in [1.54, 1.807) is 18.2 Å². The van der Waals surface area contributed by atoms with E-state index in [4.69, 9.17) is 5.11 Å². The number of rotatable bonds is 4. The van der Waals surface area contributed by atoms with Gasteiger partial charge in [-0.2, -0.15) is 4.98 Å². The molecule has 7 heteroatoms. The zero-order valence-corrected chi connectivity index (χ0v) is 14.0. The highest BCUT2D eigenvalue weighted by atomic mass is 16.5. The summed E-state index contributed by atoms with van der Waals surface area (Å²) < 4.78 is 0.416. The fraction of sp³-hybridized carbons (Fsp3) is 0.0500. The molecule has 7 nitrogen and oxygen atoms in total. The lowest BCUT2D eigenvalue weighted by molar-refractivity contribution is 0.182. The lowest BCUT2D eigenvalue weighted by Gasteiger charge is -2.09. The molecular weight excluding hydrogens is 344 g/mol. The summed E-state index contributed by atoms with van der Waals surface area (Å²) in [5.41, 5.74) is 2.48. The van der Waals surface area contributed by atoms with Gasteiger partial charge in [0.05, 0.1) is 12.0 Å². The lowest BCUT2D eigenvalue weighted by atomic mass is 10.1. The summed E-state index contributed by atoms with van der Waals surface area (Å²) >= 11 is 0. The molecule has 27 heavy (non-hydrogen) atoms. The highest BCUT2D eigenvalue weighted by Gasteiger charge is 2.11. The molecule has 0 radical (unpaired) electrons. The van der Waals surface area contributed by atoms with Crippen molar-refractivity contribution >= 4 is 22.5 Å². The predicted octanol–water partition coefficient (Wildman–Crippen LogP) is 2.53. The topological polar surface area (TPSA) is 100 Å². The molecule has 2 heterocycles. The number of pyridine rings is 1. The number of fused-ring (bicyclic) bond motifs is 1. The molecule has 0 saturated carbocycles. The van der Waals surface area contributed by atoms with Crippen LogP contribution in [0.25, 0.3) is 22.2 Å². The predicted molar refractivity (Wildman–Crippen MR) is 99.7 cm³/mol. The number of benzene rings is 1. The van der Waals surface area contributed by atoms with Crippen molar-refractivity contribution in [3.05, 3.63) is 82.9 Å². The maximum Gasteiger partial charge on any atom is 0.384 e. The van der Waals surface area contributed by atoms with Gasteiger partial charge < -0.3 is 15.6 Å². The summed E-state index contributed by atoms with van der Waals surface area (Å²) in [5.74, 6) is 0.287. The number of anilines is 2. The second-order valence-electron chi connectivity index (χ2n) is 5.84. The number of nitrogens with zero attached hydrogens (tertiary/aromatic N) is 3. The van der Waals surface area contributed by atoms with Crippen LogP contribution in [0.2, 0.25) is 0 Å². The van der Waals surface area contributed by atoms with Crippen molar-refractivity contribution in [3.63, 3.8) is 0 Å². The van der Waals surface area contributed by atoms with Gasteiger partial charge in [-0.25, -0.2) is 9.78 Å². The summed E-state index contributed by atoms with van der Waals surface area (Å²) in [6.45, 7) is -0.0130. The minimum atomic E-state index is -0.824. The second kappa shape index (κ2) is 6.78. The van der Waals surface area contributed by atoms with E-state index >= 15 is 0 Å². The first-order chi connectivity index (χ1) is 13.2. The third-order valence-electron chi connectivity index (χ3n) is 4.08. The van der Waals surface area contributed by atoms with Gasteiger partial charge in [-0.1, -0.05) is 36.4 Å². The molecule has 0 aliphatic heterocycles. The summed E-state index contributed by atoms with van der Waals surface area (Å²) in [6.07, 6.45) is 1.48. The Morgan fingerprint density at radius 2 is 2.00 bits per heavy atom. The van der Waals surface area contributed by atoms with Crippen LogP contribution in [0.3, 0.4) is 0 Å². The summed E-state index contributed by atoms with van der Waals surface area (Å²) in [6, 6.07) is 20.4. The molecule has 0 aliphatic rings. The first-order valence-electron chi connectivity index (χ1n) is 8.13. The summed E-state index contributed by atoms with van der Waals surface area (Å²) in [7, 11) is 0. The number of aliphatic hydroxyl groups excluding tert-OH is 1. The van der Waals surface area contributed by atoms with Gasteiger partial charge in [0.25, 0.3) is 0 Å². The maximum atomic E-state index is 11.9. The first kappa shape index (κ1) is 16.6. The second-order valence-corrected chi connectivity index (χ2v) is 5.84. The monoisotopic (exact) mass is 358 g/mol. The van der Waals surface area contributed by atoms with Crippen LogP contribution in [-0.4, -0.2) is 25.0 Å². The SMILES string of the molecule is O=c1nc(Nc2cc#cc(-c3ccc(CO)cc3)c2)c2cccnc2n1O. The number of aromatic nitrogens is 3. The van der Waals surface area contributed by atoms with Crippen molar-refractivity contribution in [2.24, 2.45) is 0 Å². The Labute approximate surface area is 154 Å². The van der Waals surface area contributed by atoms with Gasteiger partial charge in [0.15, 0.2) is 5.65 Å². The van der Waals surface area contributed by atoms with E-state index in [-0.39, 0.29) is 18.1 Å². The van der Waals surface area contributed by atoms with Crippen LogP contribution < -0.4 is 11.0 Å². The number of hydrogen-bond donors (Lipinski definition) is 3. The van der Waals surface area contributed by atoms with E-state index in [0.29, 0.717) is 15.8 Å². The lowest BCUT2D eigenvalue weighted by Crippen LogP contribution is -2.23. The molecule has 3 N–H and O–H groups in total. The van der Waals surface area contributed by atoms with Crippen molar-refractivity contribution < 1.29 is 10.3 Å². The Hall–Kier alpha value is -3.89. The molecule has 0 saturated heterocycles. The van der Waals surface area contributed by atoms with E-state index in [9.17, 15) is 10.0 Å². The third-order valence-corrected chi connectivity index (χ3v) is 4.08. The molecule has 4 aromatic rings. The molecule has 132 valence electrons. The van der Waals surface area contributed by atoms with Crippen molar-refractivity contribution in [1.29, 1.82) is 0 Å². The molecule has 2 aromatic carbocycles. The first-order valence-corrected chi connectivity index (χ1v) is 8.13. The van der Waals surface area contributed by atoms with Crippen molar-refractivity contribution in [2.75, 3.05) is 5.32 Å². The number of aliphatic hydroxyl groups is 1. The molecule has 0 bridgehead atoms. The van der Waals surface area contributed by atoms with Crippen molar-refractivity contribution in [1.82, 2.24) is 14.7 Å². The number of nitrogens with one attached hydrogen (secondary N) is 1. The molecule has 0 unspecified atom stereocenters. The van der Waals surface area contributed by atoms with E-state index in [1.165, 1.54) is 6.20 Å². The van der Waals surface area contributed by atoms with E-state index in [1.807, 2.05) is 30.3 Å². The molecule has 0 spiro atoms. The van der Waals surface area contributed by atoms with Gasteiger partial charge >= 0.3 is 5.69 Å². The van der Waals surface area contributed by atoms with Crippen molar-refractivity contribution in [3.8, 4) is 11.1 Å². The van der Waals surface area contributed by atoms with Gasteiger partial charge in [-0.15, -0.1) is 4.73 Å². The number of hydrogen-bond acceptors (Lipinski definition) is 6. The zero-order chi connectivity index (χ0) is 18.8. The van der Waals surface area contributed by atoms with Crippen LogP contribution in [0.4, 0.5) is 11.5 Å². The van der Waals surface area contributed by atoms with Gasteiger partial charge in [-0.05, 0) is 29.3 Å². The van der Waals surface area contributed by atoms with Gasteiger partial charge in [-0.3, -0.25) is 0 Å². The summed E-state index contributed by atoms with van der Waals surface area (Å²) in [4.78, 5) is 19.8. The van der Waals surface area contributed by atoms with Gasteiger partial charge in [0.2, 0.25) is 0 Å². The average molecular weight is 358 g/mol. The Bertz CT molecular complexity index is 1170. The molecule has 0 fully saturated rings. The van der Waals surface area contributed by atoms with E-state index < -0.39 is 5.69 Å². The minimum absolute atomic E-state index is 0.0130. The maximum absolute atomic E-state index is 11.9. The van der Waals surface area contributed by atoms with Crippen LogP contribution in [0.15, 0.2) is 59.5 Å².